The summed E-state index contributed by atoms with van der Waals surface area (Å²) in [4.78, 5) is 4.58. The summed E-state index contributed by atoms with van der Waals surface area (Å²) < 4.78 is 32.3. The van der Waals surface area contributed by atoms with E-state index in [1.54, 1.807) is 6.07 Å². The predicted octanol–water partition coefficient (Wildman–Crippen LogP) is 5.17. The molecule has 1 aliphatic heterocycles. The molecule has 2 aromatic carbocycles. The van der Waals surface area contributed by atoms with E-state index < -0.39 is 10.0 Å². The minimum atomic E-state index is -3.40. The van der Waals surface area contributed by atoms with Crippen molar-refractivity contribution in [2.75, 3.05) is 30.7 Å². The number of pyridine rings is 1. The number of fused-ring (bicyclic) bond motifs is 1. The molecule has 0 bridgehead atoms. The number of anilines is 1. The minimum absolute atomic E-state index is 0.462. The molecule has 3 aromatic rings. The zero-order chi connectivity index (χ0) is 23.4. The lowest BCUT2D eigenvalue weighted by Gasteiger charge is -2.22. The maximum atomic E-state index is 11.8. The summed E-state index contributed by atoms with van der Waals surface area (Å²) in [6, 6.07) is 15.3. The number of rotatable bonds is 7. The van der Waals surface area contributed by atoms with Crippen molar-refractivity contribution in [1.82, 2.24) is 10.3 Å². The first kappa shape index (κ1) is 23.5. The van der Waals surface area contributed by atoms with Gasteiger partial charge in [-0.2, -0.15) is 0 Å². The Labute approximate surface area is 200 Å². The van der Waals surface area contributed by atoms with Crippen LogP contribution in [0.15, 0.2) is 54.1 Å². The maximum absolute atomic E-state index is 11.8. The third-order valence-electron chi connectivity index (χ3n) is 5.62. The number of halogens is 1. The topological polar surface area (TPSA) is 80.3 Å². The van der Waals surface area contributed by atoms with Crippen LogP contribution in [0.2, 0.25) is 5.02 Å². The Balaban J connectivity index is 1.61. The molecule has 0 unspecified atom stereocenters. The number of piperidine rings is 1. The molecule has 2 N–H and O–H groups in total. The number of hydrogen-bond acceptors (Lipinski definition) is 5. The van der Waals surface area contributed by atoms with Crippen LogP contribution in [-0.4, -0.2) is 39.4 Å². The van der Waals surface area contributed by atoms with Crippen LogP contribution in [0.3, 0.4) is 0 Å². The fraction of sp³-hybridized carbons (Fsp3) is 0.320. The highest BCUT2D eigenvalue weighted by Gasteiger charge is 2.16. The number of aromatic nitrogens is 1. The molecule has 1 aromatic heterocycles. The molecule has 0 spiro atoms. The monoisotopic (exact) mass is 485 g/mol. The molecule has 1 aliphatic rings. The van der Waals surface area contributed by atoms with Gasteiger partial charge >= 0.3 is 0 Å². The van der Waals surface area contributed by atoms with Crippen molar-refractivity contribution in [3.8, 4) is 5.75 Å². The Morgan fingerprint density at radius 1 is 1.15 bits per heavy atom. The quantitative estimate of drug-likeness (QED) is 0.482. The fourth-order valence-corrected chi connectivity index (χ4v) is 4.99. The van der Waals surface area contributed by atoms with Crippen LogP contribution in [0, 0.1) is 6.92 Å². The normalized spacial score (nSPS) is 14.3. The SMILES string of the molecule is Cc1ccc2c(OCCC(=C3CCNCC3)c3cc(Cl)cc(NS(C)(=O)=O)c3)cccc2n1. The average molecular weight is 486 g/mol. The Bertz CT molecular complexity index is 1300. The van der Waals surface area contributed by atoms with Crippen molar-refractivity contribution in [3.05, 3.63) is 70.4 Å². The van der Waals surface area contributed by atoms with Gasteiger partial charge in [-0.25, -0.2) is 8.42 Å². The van der Waals surface area contributed by atoms with E-state index in [4.69, 9.17) is 16.3 Å². The smallest absolute Gasteiger partial charge is 0.229 e. The molecule has 0 radical (unpaired) electrons. The van der Waals surface area contributed by atoms with Crippen molar-refractivity contribution in [3.63, 3.8) is 0 Å². The molecule has 0 amide bonds. The van der Waals surface area contributed by atoms with Gasteiger partial charge in [0.25, 0.3) is 0 Å². The van der Waals surface area contributed by atoms with Gasteiger partial charge in [0.05, 0.1) is 24.1 Å². The Kier molecular flexibility index (Phi) is 7.22. The summed E-state index contributed by atoms with van der Waals surface area (Å²) in [6.07, 6.45) is 3.69. The van der Waals surface area contributed by atoms with E-state index in [0.717, 1.165) is 65.7 Å². The third-order valence-corrected chi connectivity index (χ3v) is 6.45. The van der Waals surface area contributed by atoms with Crippen molar-refractivity contribution in [2.24, 2.45) is 0 Å². The first-order valence-electron chi connectivity index (χ1n) is 11.0. The fourth-order valence-electron chi connectivity index (χ4n) is 4.21. The van der Waals surface area contributed by atoms with Crippen molar-refractivity contribution < 1.29 is 13.2 Å². The van der Waals surface area contributed by atoms with E-state index in [-0.39, 0.29) is 0 Å². The van der Waals surface area contributed by atoms with Gasteiger partial charge in [-0.05, 0) is 86.5 Å². The lowest BCUT2D eigenvalue weighted by Crippen LogP contribution is -2.24. The second-order valence-corrected chi connectivity index (χ2v) is 10.5. The summed E-state index contributed by atoms with van der Waals surface area (Å²) in [5, 5.41) is 4.87. The third kappa shape index (κ3) is 6.25. The second-order valence-electron chi connectivity index (χ2n) is 8.31. The van der Waals surface area contributed by atoms with Crippen molar-refractivity contribution >= 4 is 43.8 Å². The molecule has 8 heteroatoms. The summed E-state index contributed by atoms with van der Waals surface area (Å²) >= 11 is 6.36. The molecule has 1 fully saturated rings. The van der Waals surface area contributed by atoms with E-state index >= 15 is 0 Å². The molecule has 0 atom stereocenters. The minimum Gasteiger partial charge on any atom is -0.493 e. The zero-order valence-electron chi connectivity index (χ0n) is 18.8. The molecule has 33 heavy (non-hydrogen) atoms. The lowest BCUT2D eigenvalue weighted by atomic mass is 9.91. The summed E-state index contributed by atoms with van der Waals surface area (Å²) in [7, 11) is -3.40. The van der Waals surface area contributed by atoms with Gasteiger partial charge in [0.1, 0.15) is 5.75 Å². The van der Waals surface area contributed by atoms with Gasteiger partial charge in [0.15, 0.2) is 0 Å². The molecule has 4 rings (SSSR count). The molecule has 0 saturated carbocycles. The van der Waals surface area contributed by atoms with Crippen LogP contribution in [0.5, 0.6) is 5.75 Å². The maximum Gasteiger partial charge on any atom is 0.229 e. The zero-order valence-corrected chi connectivity index (χ0v) is 20.4. The van der Waals surface area contributed by atoms with Gasteiger partial charge < -0.3 is 10.1 Å². The van der Waals surface area contributed by atoms with Crippen molar-refractivity contribution in [1.29, 1.82) is 0 Å². The van der Waals surface area contributed by atoms with Crippen LogP contribution < -0.4 is 14.8 Å². The Morgan fingerprint density at radius 2 is 1.94 bits per heavy atom. The van der Waals surface area contributed by atoms with Gasteiger partial charge in [-0.1, -0.05) is 23.2 Å². The summed E-state index contributed by atoms with van der Waals surface area (Å²) in [6.45, 7) is 4.30. The summed E-state index contributed by atoms with van der Waals surface area (Å²) in [5.74, 6) is 0.806. The van der Waals surface area contributed by atoms with Crippen LogP contribution >= 0.6 is 11.6 Å². The molecule has 0 aliphatic carbocycles. The van der Waals surface area contributed by atoms with Crippen LogP contribution in [0.4, 0.5) is 5.69 Å². The van der Waals surface area contributed by atoms with E-state index in [0.29, 0.717) is 23.7 Å². The predicted molar refractivity (Wildman–Crippen MR) is 136 cm³/mol. The highest BCUT2D eigenvalue weighted by atomic mass is 35.5. The van der Waals surface area contributed by atoms with E-state index in [2.05, 4.69) is 15.0 Å². The number of hydrogen-bond donors (Lipinski definition) is 2. The van der Waals surface area contributed by atoms with Gasteiger partial charge in [-0.15, -0.1) is 0 Å². The second kappa shape index (κ2) is 10.1. The van der Waals surface area contributed by atoms with Crippen molar-refractivity contribution in [2.45, 2.75) is 26.2 Å². The van der Waals surface area contributed by atoms with E-state index in [9.17, 15) is 8.42 Å². The lowest BCUT2D eigenvalue weighted by molar-refractivity contribution is 0.330. The number of nitrogens with zero attached hydrogens (tertiary/aromatic N) is 1. The highest BCUT2D eigenvalue weighted by Crippen LogP contribution is 2.33. The van der Waals surface area contributed by atoms with E-state index in [1.807, 2.05) is 49.4 Å². The molecule has 1 saturated heterocycles. The molecule has 6 nitrogen and oxygen atoms in total. The first-order chi connectivity index (χ1) is 15.8. The van der Waals surface area contributed by atoms with Crippen LogP contribution in [0.1, 0.15) is 30.5 Å². The Hall–Kier alpha value is -2.61. The van der Waals surface area contributed by atoms with Gasteiger partial charge in [0.2, 0.25) is 10.0 Å². The largest absolute Gasteiger partial charge is 0.493 e. The first-order valence-corrected chi connectivity index (χ1v) is 13.2. The number of aryl methyl sites for hydroxylation is 1. The number of nitrogens with one attached hydrogen (secondary N) is 2. The number of ether oxygens (including phenoxy) is 1. The van der Waals surface area contributed by atoms with Gasteiger partial charge in [-0.3, -0.25) is 9.71 Å². The molecule has 174 valence electrons. The molecular weight excluding hydrogens is 458 g/mol. The molecular formula is C25H28ClN3O3S. The average Bonchev–Trinajstić information content (AvgIpc) is 2.75. The van der Waals surface area contributed by atoms with E-state index in [1.165, 1.54) is 5.57 Å². The summed E-state index contributed by atoms with van der Waals surface area (Å²) in [5.41, 5.74) is 5.77. The standard InChI is InChI=1S/C25H28ClN3O3S/c1-17-6-7-23-24(28-17)4-3-5-25(23)32-13-10-22(18-8-11-27-12-9-18)19-14-20(26)16-21(15-19)29-33(2,30)31/h3-7,14-16,27,29H,8-13H2,1-2H3. The number of sulfonamides is 1. The highest BCUT2D eigenvalue weighted by molar-refractivity contribution is 7.92. The van der Waals surface area contributed by atoms with Gasteiger partial charge in [0, 0.05) is 22.5 Å². The van der Waals surface area contributed by atoms with Crippen LogP contribution in [0.25, 0.3) is 16.5 Å². The van der Waals surface area contributed by atoms with Crippen LogP contribution in [-0.2, 0) is 10.0 Å². The molecule has 2 heterocycles. The number of benzene rings is 2. The Morgan fingerprint density at radius 3 is 2.70 bits per heavy atom.